The Morgan fingerprint density at radius 1 is 1.28 bits per heavy atom. The summed E-state index contributed by atoms with van der Waals surface area (Å²) >= 11 is 0. The molecule has 5 nitrogen and oxygen atoms in total. The van der Waals surface area contributed by atoms with Crippen LogP contribution in [0.15, 0.2) is 45.8 Å². The Morgan fingerprint density at radius 3 is 2.76 bits per heavy atom. The first-order chi connectivity index (χ1) is 12.2. The highest BCUT2D eigenvalue weighted by Gasteiger charge is 2.23. The van der Waals surface area contributed by atoms with Gasteiger partial charge in [0.1, 0.15) is 11.5 Å². The largest absolute Gasteiger partial charge is 0.466 e. The van der Waals surface area contributed by atoms with E-state index < -0.39 is 0 Å². The summed E-state index contributed by atoms with van der Waals surface area (Å²) in [5.41, 5.74) is 2.44. The third kappa shape index (κ3) is 4.56. The summed E-state index contributed by atoms with van der Waals surface area (Å²) < 4.78 is 5.59. The molecule has 1 fully saturated rings. The number of nitrogens with one attached hydrogen (secondary N) is 2. The molecule has 1 saturated heterocycles. The van der Waals surface area contributed by atoms with Crippen LogP contribution in [0, 0.1) is 13.8 Å². The van der Waals surface area contributed by atoms with Crippen LogP contribution in [0.25, 0.3) is 0 Å². The number of hydrogen-bond donors (Lipinski definition) is 2. The van der Waals surface area contributed by atoms with E-state index in [9.17, 15) is 0 Å². The number of aliphatic imine (C=N–C) groups is 1. The molecular formula is C20H28N4O. The standard InChI is InChI=1S/C20H28N4O/c1-4-21-20(22-13-17-12-15(2)25-16(17)3)23-18-10-11-24(14-18)19-8-6-5-7-9-19/h5-9,12,18H,4,10-11,13-14H2,1-3H3,(H2,21,22,23). The van der Waals surface area contributed by atoms with Gasteiger partial charge in [-0.15, -0.1) is 0 Å². The molecular weight excluding hydrogens is 312 g/mol. The topological polar surface area (TPSA) is 52.8 Å². The molecule has 1 aliphatic heterocycles. The van der Waals surface area contributed by atoms with E-state index in [1.807, 2.05) is 13.8 Å². The number of furan rings is 1. The molecule has 1 unspecified atom stereocenters. The molecule has 1 atom stereocenters. The Labute approximate surface area is 150 Å². The van der Waals surface area contributed by atoms with Crippen molar-refractivity contribution < 1.29 is 4.42 Å². The summed E-state index contributed by atoms with van der Waals surface area (Å²) in [4.78, 5) is 7.16. The summed E-state index contributed by atoms with van der Waals surface area (Å²) in [6.45, 7) is 9.61. The van der Waals surface area contributed by atoms with Crippen molar-refractivity contribution in [2.45, 2.75) is 39.8 Å². The minimum Gasteiger partial charge on any atom is -0.466 e. The number of nitrogens with zero attached hydrogens (tertiary/aromatic N) is 2. The number of guanidine groups is 1. The van der Waals surface area contributed by atoms with Gasteiger partial charge in [0.25, 0.3) is 0 Å². The molecule has 1 aromatic heterocycles. The van der Waals surface area contributed by atoms with E-state index >= 15 is 0 Å². The second-order valence-corrected chi connectivity index (χ2v) is 6.55. The van der Waals surface area contributed by atoms with Crippen molar-refractivity contribution in [2.75, 3.05) is 24.5 Å². The van der Waals surface area contributed by atoms with Crippen LogP contribution in [-0.4, -0.2) is 31.6 Å². The number of hydrogen-bond acceptors (Lipinski definition) is 3. The van der Waals surface area contributed by atoms with Gasteiger partial charge in [0.2, 0.25) is 0 Å². The molecule has 0 bridgehead atoms. The number of rotatable bonds is 5. The molecule has 1 aliphatic rings. The highest BCUT2D eigenvalue weighted by molar-refractivity contribution is 5.80. The fourth-order valence-electron chi connectivity index (χ4n) is 3.27. The van der Waals surface area contributed by atoms with Crippen LogP contribution in [0.4, 0.5) is 5.69 Å². The van der Waals surface area contributed by atoms with Crippen LogP contribution in [0.3, 0.4) is 0 Å². The van der Waals surface area contributed by atoms with Crippen molar-refractivity contribution in [2.24, 2.45) is 4.99 Å². The van der Waals surface area contributed by atoms with Crippen LogP contribution in [0.1, 0.15) is 30.4 Å². The van der Waals surface area contributed by atoms with Gasteiger partial charge in [-0.3, -0.25) is 0 Å². The Morgan fingerprint density at radius 2 is 2.08 bits per heavy atom. The van der Waals surface area contributed by atoms with Crippen molar-refractivity contribution in [1.82, 2.24) is 10.6 Å². The van der Waals surface area contributed by atoms with Crippen molar-refractivity contribution in [3.05, 3.63) is 53.5 Å². The van der Waals surface area contributed by atoms with E-state index in [1.165, 1.54) is 5.69 Å². The third-order valence-electron chi connectivity index (χ3n) is 4.55. The molecule has 2 aromatic rings. The zero-order valence-electron chi connectivity index (χ0n) is 15.4. The third-order valence-corrected chi connectivity index (χ3v) is 4.55. The van der Waals surface area contributed by atoms with Crippen LogP contribution in [0.5, 0.6) is 0 Å². The van der Waals surface area contributed by atoms with Gasteiger partial charge in [-0.1, -0.05) is 18.2 Å². The first-order valence-corrected chi connectivity index (χ1v) is 9.06. The van der Waals surface area contributed by atoms with Crippen molar-refractivity contribution in [3.63, 3.8) is 0 Å². The van der Waals surface area contributed by atoms with Crippen LogP contribution in [0.2, 0.25) is 0 Å². The number of benzene rings is 1. The van der Waals surface area contributed by atoms with Crippen molar-refractivity contribution in [3.8, 4) is 0 Å². The number of para-hydroxylation sites is 1. The Bertz CT molecular complexity index is 708. The molecule has 0 amide bonds. The SMILES string of the molecule is CCNC(=NCc1cc(C)oc1C)NC1CCN(c2ccccc2)C1. The Kier molecular flexibility index (Phi) is 5.64. The molecule has 2 heterocycles. The molecule has 3 rings (SSSR count). The van der Waals surface area contributed by atoms with Crippen LogP contribution >= 0.6 is 0 Å². The molecule has 5 heteroatoms. The molecule has 0 saturated carbocycles. The minimum atomic E-state index is 0.408. The predicted octanol–water partition coefficient (Wildman–Crippen LogP) is 3.23. The highest BCUT2D eigenvalue weighted by Crippen LogP contribution is 2.19. The molecule has 25 heavy (non-hydrogen) atoms. The first kappa shape index (κ1) is 17.4. The fourth-order valence-corrected chi connectivity index (χ4v) is 3.27. The molecule has 0 spiro atoms. The second-order valence-electron chi connectivity index (χ2n) is 6.55. The summed E-state index contributed by atoms with van der Waals surface area (Å²) in [5.74, 6) is 2.77. The second kappa shape index (κ2) is 8.10. The van der Waals surface area contributed by atoms with E-state index in [0.29, 0.717) is 12.6 Å². The van der Waals surface area contributed by atoms with Gasteiger partial charge in [0, 0.05) is 36.9 Å². The number of aryl methyl sites for hydroxylation is 2. The summed E-state index contributed by atoms with van der Waals surface area (Å²) in [6.07, 6.45) is 1.11. The average molecular weight is 340 g/mol. The van der Waals surface area contributed by atoms with E-state index in [0.717, 1.165) is 49.1 Å². The van der Waals surface area contributed by atoms with E-state index in [2.05, 4.69) is 58.9 Å². The van der Waals surface area contributed by atoms with Crippen LogP contribution in [-0.2, 0) is 6.54 Å². The zero-order valence-corrected chi connectivity index (χ0v) is 15.4. The summed E-state index contributed by atoms with van der Waals surface area (Å²) in [7, 11) is 0. The van der Waals surface area contributed by atoms with Gasteiger partial charge >= 0.3 is 0 Å². The molecule has 0 aliphatic carbocycles. The lowest BCUT2D eigenvalue weighted by Crippen LogP contribution is -2.44. The normalized spacial score (nSPS) is 17.8. The van der Waals surface area contributed by atoms with E-state index in [4.69, 9.17) is 9.41 Å². The molecule has 1 aromatic carbocycles. The van der Waals surface area contributed by atoms with E-state index in [1.54, 1.807) is 0 Å². The molecule has 134 valence electrons. The summed E-state index contributed by atoms with van der Waals surface area (Å²) in [6, 6.07) is 13.1. The Balaban J connectivity index is 1.60. The van der Waals surface area contributed by atoms with Gasteiger partial charge in [-0.2, -0.15) is 0 Å². The van der Waals surface area contributed by atoms with Gasteiger partial charge < -0.3 is 20.0 Å². The molecule has 2 N–H and O–H groups in total. The highest BCUT2D eigenvalue weighted by atomic mass is 16.3. The average Bonchev–Trinajstić information content (AvgIpc) is 3.20. The lowest BCUT2D eigenvalue weighted by molar-refractivity contribution is 0.501. The summed E-state index contributed by atoms with van der Waals surface area (Å²) in [5, 5.41) is 6.93. The van der Waals surface area contributed by atoms with Crippen LogP contribution < -0.4 is 15.5 Å². The minimum absolute atomic E-state index is 0.408. The lowest BCUT2D eigenvalue weighted by atomic mass is 10.2. The van der Waals surface area contributed by atoms with Gasteiger partial charge in [-0.25, -0.2) is 4.99 Å². The number of anilines is 1. The monoisotopic (exact) mass is 340 g/mol. The Hall–Kier alpha value is -2.43. The predicted molar refractivity (Wildman–Crippen MR) is 103 cm³/mol. The fraction of sp³-hybridized carbons (Fsp3) is 0.450. The maximum Gasteiger partial charge on any atom is 0.191 e. The maximum absolute atomic E-state index is 5.59. The lowest BCUT2D eigenvalue weighted by Gasteiger charge is -2.20. The van der Waals surface area contributed by atoms with Crippen molar-refractivity contribution >= 4 is 11.6 Å². The van der Waals surface area contributed by atoms with Gasteiger partial charge in [-0.05, 0) is 45.4 Å². The molecule has 0 radical (unpaired) electrons. The zero-order chi connectivity index (χ0) is 17.6. The van der Waals surface area contributed by atoms with Gasteiger partial charge in [0.05, 0.1) is 6.54 Å². The quantitative estimate of drug-likeness (QED) is 0.648. The van der Waals surface area contributed by atoms with E-state index in [-0.39, 0.29) is 0 Å². The smallest absolute Gasteiger partial charge is 0.191 e. The van der Waals surface area contributed by atoms with Crippen molar-refractivity contribution in [1.29, 1.82) is 0 Å². The first-order valence-electron chi connectivity index (χ1n) is 9.06. The maximum atomic E-state index is 5.59. The van der Waals surface area contributed by atoms with Gasteiger partial charge in [0.15, 0.2) is 5.96 Å².